The zero-order valence-electron chi connectivity index (χ0n) is 11.1. The molecule has 0 atom stereocenters. The molecule has 1 aromatic heterocycles. The molecule has 0 spiro atoms. The summed E-state index contributed by atoms with van der Waals surface area (Å²) >= 11 is 0. The third-order valence-corrected chi connectivity index (χ3v) is 3.01. The lowest BCUT2D eigenvalue weighted by atomic mass is 10.1. The summed E-state index contributed by atoms with van der Waals surface area (Å²) in [6.45, 7) is 2.53. The van der Waals surface area contributed by atoms with Crippen LogP contribution in [0.2, 0.25) is 0 Å². The van der Waals surface area contributed by atoms with Gasteiger partial charge in [0.05, 0.1) is 13.0 Å². The molecule has 0 saturated carbocycles. The summed E-state index contributed by atoms with van der Waals surface area (Å²) in [5.74, 6) is 0.194. The molecular weight excluding hydrogens is 261 g/mol. The summed E-state index contributed by atoms with van der Waals surface area (Å²) in [6.07, 6.45) is 0.0660. The van der Waals surface area contributed by atoms with Gasteiger partial charge in [-0.15, -0.1) is 0 Å². The molecule has 2 aromatic rings. The Hall–Kier alpha value is -2.14. The van der Waals surface area contributed by atoms with E-state index in [1.165, 1.54) is 6.07 Å². The molecule has 1 aromatic carbocycles. The van der Waals surface area contributed by atoms with Crippen LogP contribution in [0.4, 0.5) is 4.39 Å². The Bertz CT molecular complexity index is 607. The van der Waals surface area contributed by atoms with Crippen molar-refractivity contribution >= 4 is 5.97 Å². The van der Waals surface area contributed by atoms with Crippen LogP contribution in [-0.2, 0) is 11.3 Å². The second kappa shape index (κ2) is 6.34. The van der Waals surface area contributed by atoms with E-state index in [1.54, 1.807) is 31.2 Å². The van der Waals surface area contributed by atoms with Crippen molar-refractivity contribution in [2.45, 2.75) is 19.9 Å². The van der Waals surface area contributed by atoms with Gasteiger partial charge in [0.15, 0.2) is 0 Å². The van der Waals surface area contributed by atoms with Crippen LogP contribution in [0.25, 0.3) is 11.3 Å². The number of halogens is 1. The summed E-state index contributed by atoms with van der Waals surface area (Å²) in [7, 11) is 0. The highest BCUT2D eigenvalue weighted by molar-refractivity contribution is 5.66. The number of hydrogen-bond donors (Lipinski definition) is 2. The maximum absolute atomic E-state index is 13.5. The van der Waals surface area contributed by atoms with Gasteiger partial charge in [0.25, 0.3) is 0 Å². The molecule has 0 saturated heterocycles. The van der Waals surface area contributed by atoms with Gasteiger partial charge < -0.3 is 14.8 Å². The van der Waals surface area contributed by atoms with E-state index in [9.17, 15) is 9.18 Å². The smallest absolute Gasteiger partial charge is 0.304 e. The van der Waals surface area contributed by atoms with E-state index < -0.39 is 5.97 Å². The summed E-state index contributed by atoms with van der Waals surface area (Å²) < 4.78 is 19.1. The van der Waals surface area contributed by atoms with Crippen molar-refractivity contribution in [3.63, 3.8) is 0 Å². The lowest BCUT2D eigenvalue weighted by Crippen LogP contribution is -2.17. The van der Waals surface area contributed by atoms with Crippen molar-refractivity contribution in [2.75, 3.05) is 6.54 Å². The van der Waals surface area contributed by atoms with Crippen molar-refractivity contribution in [1.82, 2.24) is 5.32 Å². The average molecular weight is 277 g/mol. The van der Waals surface area contributed by atoms with Crippen molar-refractivity contribution in [3.8, 4) is 11.3 Å². The van der Waals surface area contributed by atoms with Gasteiger partial charge in [0.2, 0.25) is 0 Å². The first-order valence-electron chi connectivity index (χ1n) is 6.34. The zero-order valence-corrected chi connectivity index (χ0v) is 11.1. The second-order valence-electron chi connectivity index (χ2n) is 4.50. The number of furan rings is 1. The number of nitrogens with one attached hydrogen (secondary N) is 1. The Morgan fingerprint density at radius 1 is 1.35 bits per heavy atom. The zero-order chi connectivity index (χ0) is 14.5. The fraction of sp³-hybridized carbons (Fsp3) is 0.267. The molecule has 0 unspecified atom stereocenters. The van der Waals surface area contributed by atoms with Crippen LogP contribution in [0, 0.1) is 12.7 Å². The van der Waals surface area contributed by atoms with Crippen LogP contribution in [0.3, 0.4) is 0 Å². The highest BCUT2D eigenvalue weighted by Gasteiger charge is 2.10. The predicted octanol–water partition coefficient (Wildman–Crippen LogP) is 2.96. The van der Waals surface area contributed by atoms with Crippen molar-refractivity contribution in [1.29, 1.82) is 0 Å². The molecule has 4 nitrogen and oxygen atoms in total. The van der Waals surface area contributed by atoms with E-state index in [0.29, 0.717) is 30.2 Å². The molecule has 0 bridgehead atoms. The Balaban J connectivity index is 2.02. The van der Waals surface area contributed by atoms with Crippen LogP contribution in [0.1, 0.15) is 17.7 Å². The van der Waals surface area contributed by atoms with Gasteiger partial charge in [0.1, 0.15) is 17.3 Å². The summed E-state index contributed by atoms with van der Waals surface area (Å²) in [5.41, 5.74) is 1.27. The molecule has 0 aliphatic rings. The molecule has 5 heteroatoms. The molecular formula is C15H16FNO3. The molecule has 0 fully saturated rings. The minimum Gasteiger partial charge on any atom is -0.481 e. The van der Waals surface area contributed by atoms with E-state index in [4.69, 9.17) is 9.52 Å². The van der Waals surface area contributed by atoms with Crippen molar-refractivity contribution < 1.29 is 18.7 Å². The van der Waals surface area contributed by atoms with Gasteiger partial charge in [-0.25, -0.2) is 4.39 Å². The molecule has 2 N–H and O–H groups in total. The molecule has 106 valence electrons. The van der Waals surface area contributed by atoms with Crippen LogP contribution in [0.5, 0.6) is 0 Å². The maximum atomic E-state index is 13.5. The first kappa shape index (κ1) is 14.3. The van der Waals surface area contributed by atoms with Crippen molar-refractivity contribution in [3.05, 3.63) is 47.5 Å². The second-order valence-corrected chi connectivity index (χ2v) is 4.50. The van der Waals surface area contributed by atoms with Gasteiger partial charge in [-0.2, -0.15) is 0 Å². The molecule has 20 heavy (non-hydrogen) atoms. The van der Waals surface area contributed by atoms with E-state index in [2.05, 4.69) is 5.32 Å². The van der Waals surface area contributed by atoms with E-state index in [1.807, 2.05) is 0 Å². The van der Waals surface area contributed by atoms with Gasteiger partial charge in [-0.05, 0) is 30.7 Å². The lowest BCUT2D eigenvalue weighted by molar-refractivity contribution is -0.136. The topological polar surface area (TPSA) is 62.5 Å². The van der Waals surface area contributed by atoms with Crippen LogP contribution in [0.15, 0.2) is 34.7 Å². The largest absolute Gasteiger partial charge is 0.481 e. The molecule has 0 aliphatic carbocycles. The Morgan fingerprint density at radius 3 is 2.90 bits per heavy atom. The van der Waals surface area contributed by atoms with E-state index in [-0.39, 0.29) is 12.2 Å². The summed E-state index contributed by atoms with van der Waals surface area (Å²) in [6, 6.07) is 8.45. The van der Waals surface area contributed by atoms with Crippen LogP contribution in [-0.4, -0.2) is 17.6 Å². The van der Waals surface area contributed by atoms with E-state index in [0.717, 1.165) is 5.56 Å². The maximum Gasteiger partial charge on any atom is 0.304 e. The van der Waals surface area contributed by atoms with Gasteiger partial charge in [0, 0.05) is 12.1 Å². The summed E-state index contributed by atoms with van der Waals surface area (Å²) in [4.78, 5) is 10.4. The monoisotopic (exact) mass is 277 g/mol. The SMILES string of the molecule is Cc1c(F)cccc1-c1ccc(CNCCC(=O)O)o1. The minimum absolute atomic E-state index is 0.0660. The number of carboxylic acids is 1. The highest BCUT2D eigenvalue weighted by Crippen LogP contribution is 2.26. The molecule has 0 radical (unpaired) electrons. The lowest BCUT2D eigenvalue weighted by Gasteiger charge is -2.04. The predicted molar refractivity (Wildman–Crippen MR) is 72.8 cm³/mol. The van der Waals surface area contributed by atoms with Crippen LogP contribution >= 0.6 is 0 Å². The highest BCUT2D eigenvalue weighted by atomic mass is 19.1. The van der Waals surface area contributed by atoms with Crippen molar-refractivity contribution in [2.24, 2.45) is 0 Å². The van der Waals surface area contributed by atoms with Gasteiger partial charge in [-0.3, -0.25) is 4.79 Å². The fourth-order valence-electron chi connectivity index (χ4n) is 1.90. The summed E-state index contributed by atoms with van der Waals surface area (Å²) in [5, 5.41) is 11.5. The number of aliphatic carboxylic acids is 1. The fourth-order valence-corrected chi connectivity index (χ4v) is 1.90. The Morgan fingerprint density at radius 2 is 2.15 bits per heavy atom. The third kappa shape index (κ3) is 3.45. The third-order valence-electron chi connectivity index (χ3n) is 3.01. The first-order valence-corrected chi connectivity index (χ1v) is 6.34. The molecule has 0 aliphatic heterocycles. The average Bonchev–Trinajstić information content (AvgIpc) is 2.86. The normalized spacial score (nSPS) is 10.7. The standard InChI is InChI=1S/C15H16FNO3/c1-10-12(3-2-4-13(10)16)14-6-5-11(20-14)9-17-8-7-15(18)19/h2-6,17H,7-9H2,1H3,(H,18,19). The number of benzene rings is 1. The number of carboxylic acid groups (broad SMARTS) is 1. The van der Waals surface area contributed by atoms with Gasteiger partial charge in [-0.1, -0.05) is 12.1 Å². The quantitative estimate of drug-likeness (QED) is 0.797. The van der Waals surface area contributed by atoms with Crippen LogP contribution < -0.4 is 5.32 Å². The molecule has 2 rings (SSSR count). The number of carbonyl (C=O) groups is 1. The number of rotatable bonds is 6. The Kier molecular flexibility index (Phi) is 4.53. The number of hydrogen-bond acceptors (Lipinski definition) is 3. The first-order chi connectivity index (χ1) is 9.58. The van der Waals surface area contributed by atoms with Gasteiger partial charge >= 0.3 is 5.97 Å². The van der Waals surface area contributed by atoms with E-state index >= 15 is 0 Å². The molecule has 1 heterocycles. The Labute approximate surface area is 116 Å². The molecule has 0 amide bonds. The minimum atomic E-state index is -0.840.